The first-order valence-corrected chi connectivity index (χ1v) is 7.11. The van der Waals surface area contributed by atoms with Gasteiger partial charge in [0.25, 0.3) is 5.91 Å². The highest BCUT2D eigenvalue weighted by atomic mass is 32.2. The van der Waals surface area contributed by atoms with E-state index in [1.807, 2.05) is 18.2 Å². The van der Waals surface area contributed by atoms with Crippen LogP contribution in [0.5, 0.6) is 5.75 Å². The van der Waals surface area contributed by atoms with Crippen molar-refractivity contribution >= 4 is 39.1 Å². The van der Waals surface area contributed by atoms with E-state index in [2.05, 4.69) is 5.32 Å². The fourth-order valence-electron chi connectivity index (χ4n) is 1.87. The molecule has 1 aromatic carbocycles. The van der Waals surface area contributed by atoms with E-state index in [0.29, 0.717) is 0 Å². The van der Waals surface area contributed by atoms with Crippen LogP contribution in [-0.4, -0.2) is 25.3 Å². The Kier molecular flexibility index (Phi) is 2.72. The Bertz CT molecular complexity index is 591. The first kappa shape index (κ1) is 10.9. The summed E-state index contributed by atoms with van der Waals surface area (Å²) in [5.74, 6) is 1.81. The first-order valence-electron chi connectivity index (χ1n) is 5.31. The molecule has 0 atom stereocenters. The lowest BCUT2D eigenvalue weighted by molar-refractivity contribution is 0.0959. The molecular weight excluding hydrogens is 254 g/mol. The second-order valence-corrected chi connectivity index (χ2v) is 5.88. The molecule has 2 heterocycles. The SMILES string of the molecule is COc1ccc2c3c(sc2c1)C(=O)NCCS3. The molecule has 5 heteroatoms. The zero-order valence-corrected chi connectivity index (χ0v) is 10.9. The van der Waals surface area contributed by atoms with Gasteiger partial charge in [0.15, 0.2) is 0 Å². The summed E-state index contributed by atoms with van der Waals surface area (Å²) in [7, 11) is 1.65. The van der Waals surface area contributed by atoms with Crippen molar-refractivity contribution in [2.45, 2.75) is 4.90 Å². The van der Waals surface area contributed by atoms with Gasteiger partial charge in [0, 0.05) is 27.3 Å². The summed E-state index contributed by atoms with van der Waals surface area (Å²) in [5.41, 5.74) is 0. The zero-order valence-electron chi connectivity index (χ0n) is 9.28. The quantitative estimate of drug-likeness (QED) is 0.861. The van der Waals surface area contributed by atoms with Crippen LogP contribution in [0.1, 0.15) is 9.67 Å². The molecule has 0 bridgehead atoms. The van der Waals surface area contributed by atoms with Crippen molar-refractivity contribution in [3.8, 4) is 5.75 Å². The van der Waals surface area contributed by atoms with E-state index in [1.54, 1.807) is 18.9 Å². The molecule has 1 aromatic heterocycles. The van der Waals surface area contributed by atoms with Gasteiger partial charge in [-0.2, -0.15) is 0 Å². The number of ether oxygens (including phenoxy) is 1. The lowest BCUT2D eigenvalue weighted by Crippen LogP contribution is -2.22. The van der Waals surface area contributed by atoms with Gasteiger partial charge in [-0.1, -0.05) is 0 Å². The van der Waals surface area contributed by atoms with Crippen molar-refractivity contribution in [1.29, 1.82) is 0 Å². The normalized spacial score (nSPS) is 15.2. The molecule has 88 valence electrons. The van der Waals surface area contributed by atoms with Crippen molar-refractivity contribution in [2.24, 2.45) is 0 Å². The summed E-state index contributed by atoms with van der Waals surface area (Å²) >= 11 is 3.29. The zero-order chi connectivity index (χ0) is 11.8. The van der Waals surface area contributed by atoms with E-state index >= 15 is 0 Å². The summed E-state index contributed by atoms with van der Waals surface area (Å²) < 4.78 is 6.32. The second kappa shape index (κ2) is 4.23. The molecular formula is C12H11NO2S2. The topological polar surface area (TPSA) is 38.3 Å². The fraction of sp³-hybridized carbons (Fsp3) is 0.250. The first-order chi connectivity index (χ1) is 8.29. The van der Waals surface area contributed by atoms with Crippen LogP contribution in [-0.2, 0) is 0 Å². The Morgan fingerprint density at radius 2 is 2.29 bits per heavy atom. The highest BCUT2D eigenvalue weighted by Crippen LogP contribution is 2.40. The van der Waals surface area contributed by atoms with E-state index in [9.17, 15) is 4.79 Å². The Balaban J connectivity index is 2.23. The second-order valence-electron chi connectivity index (χ2n) is 3.73. The number of rotatable bonds is 1. The summed E-state index contributed by atoms with van der Waals surface area (Å²) in [5, 5.41) is 4.07. The third-order valence-corrected chi connectivity index (χ3v) is 5.09. The van der Waals surface area contributed by atoms with Gasteiger partial charge in [0.1, 0.15) is 10.6 Å². The Labute approximate surface area is 107 Å². The molecule has 0 fully saturated rings. The van der Waals surface area contributed by atoms with Crippen molar-refractivity contribution in [1.82, 2.24) is 5.32 Å². The number of benzene rings is 1. The molecule has 2 aromatic rings. The van der Waals surface area contributed by atoms with Crippen molar-refractivity contribution in [3.05, 3.63) is 23.1 Å². The van der Waals surface area contributed by atoms with Gasteiger partial charge in [-0.3, -0.25) is 4.79 Å². The Morgan fingerprint density at radius 1 is 1.41 bits per heavy atom. The van der Waals surface area contributed by atoms with E-state index in [0.717, 1.165) is 37.9 Å². The number of amides is 1. The van der Waals surface area contributed by atoms with Gasteiger partial charge < -0.3 is 10.1 Å². The predicted molar refractivity (Wildman–Crippen MR) is 71.4 cm³/mol. The van der Waals surface area contributed by atoms with Crippen molar-refractivity contribution < 1.29 is 9.53 Å². The molecule has 1 amide bonds. The third-order valence-electron chi connectivity index (χ3n) is 2.69. The molecule has 1 aliphatic rings. The standard InChI is InChI=1S/C12H11NO2S2/c1-15-7-2-3-8-9(6-7)17-11-10(8)16-5-4-13-12(11)14/h2-3,6H,4-5H2,1H3,(H,13,14). The Morgan fingerprint density at radius 3 is 3.12 bits per heavy atom. The average Bonchev–Trinajstić information content (AvgIpc) is 2.62. The molecule has 0 aliphatic carbocycles. The van der Waals surface area contributed by atoms with Crippen LogP contribution in [0.3, 0.4) is 0 Å². The van der Waals surface area contributed by atoms with Gasteiger partial charge >= 0.3 is 0 Å². The third kappa shape index (κ3) is 1.79. The molecule has 3 nitrogen and oxygen atoms in total. The number of carbonyl (C=O) groups is 1. The number of methoxy groups -OCH3 is 1. The van der Waals surface area contributed by atoms with Crippen LogP contribution >= 0.6 is 23.1 Å². The van der Waals surface area contributed by atoms with Crippen molar-refractivity contribution in [3.63, 3.8) is 0 Å². The molecule has 17 heavy (non-hydrogen) atoms. The molecule has 0 unspecified atom stereocenters. The number of thiophene rings is 1. The van der Waals surface area contributed by atoms with Crippen molar-refractivity contribution in [2.75, 3.05) is 19.4 Å². The number of nitrogens with one attached hydrogen (secondary N) is 1. The smallest absolute Gasteiger partial charge is 0.262 e. The van der Waals surface area contributed by atoms with Gasteiger partial charge in [-0.15, -0.1) is 23.1 Å². The summed E-state index contributed by atoms with van der Waals surface area (Å²) in [6, 6.07) is 5.97. The lowest BCUT2D eigenvalue weighted by atomic mass is 10.2. The minimum absolute atomic E-state index is 0.0465. The Hall–Kier alpha value is -1.20. The van der Waals surface area contributed by atoms with Gasteiger partial charge in [0.2, 0.25) is 0 Å². The van der Waals surface area contributed by atoms with Crippen LogP contribution in [0.2, 0.25) is 0 Å². The number of carbonyl (C=O) groups excluding carboxylic acids is 1. The highest BCUT2D eigenvalue weighted by molar-refractivity contribution is 7.99. The van der Waals surface area contributed by atoms with Crippen LogP contribution in [0.15, 0.2) is 23.1 Å². The van der Waals surface area contributed by atoms with Crippen LogP contribution in [0, 0.1) is 0 Å². The van der Waals surface area contributed by atoms with Crippen LogP contribution in [0.4, 0.5) is 0 Å². The number of thioether (sulfide) groups is 1. The maximum atomic E-state index is 11.9. The number of hydrogen-bond acceptors (Lipinski definition) is 4. The molecule has 0 radical (unpaired) electrons. The van der Waals surface area contributed by atoms with E-state index < -0.39 is 0 Å². The molecule has 1 aliphatic heterocycles. The fourth-order valence-corrected chi connectivity index (χ4v) is 4.25. The molecule has 0 saturated carbocycles. The molecule has 1 N–H and O–H groups in total. The summed E-state index contributed by atoms with van der Waals surface area (Å²) in [6.45, 7) is 0.739. The summed E-state index contributed by atoms with van der Waals surface area (Å²) in [4.78, 5) is 13.8. The van der Waals surface area contributed by atoms with Gasteiger partial charge in [0.05, 0.1) is 7.11 Å². The maximum Gasteiger partial charge on any atom is 0.262 e. The number of hydrogen-bond donors (Lipinski definition) is 1. The van der Waals surface area contributed by atoms with Crippen LogP contribution in [0.25, 0.3) is 10.1 Å². The van der Waals surface area contributed by atoms with E-state index in [-0.39, 0.29) is 5.91 Å². The number of fused-ring (bicyclic) bond motifs is 3. The maximum absolute atomic E-state index is 11.9. The lowest BCUT2D eigenvalue weighted by Gasteiger charge is -2.00. The monoisotopic (exact) mass is 265 g/mol. The summed E-state index contributed by atoms with van der Waals surface area (Å²) in [6.07, 6.45) is 0. The molecule has 0 spiro atoms. The van der Waals surface area contributed by atoms with E-state index in [1.165, 1.54) is 11.3 Å². The average molecular weight is 265 g/mol. The minimum atomic E-state index is 0.0465. The van der Waals surface area contributed by atoms with Gasteiger partial charge in [-0.05, 0) is 18.2 Å². The largest absolute Gasteiger partial charge is 0.497 e. The molecule has 3 rings (SSSR count). The highest BCUT2D eigenvalue weighted by Gasteiger charge is 2.21. The predicted octanol–water partition coefficient (Wildman–Crippen LogP) is 2.75. The van der Waals surface area contributed by atoms with Crippen LogP contribution < -0.4 is 10.1 Å². The van der Waals surface area contributed by atoms with E-state index in [4.69, 9.17) is 4.74 Å². The minimum Gasteiger partial charge on any atom is -0.497 e. The van der Waals surface area contributed by atoms with Gasteiger partial charge in [-0.25, -0.2) is 0 Å². The molecule has 0 saturated heterocycles.